The van der Waals surface area contributed by atoms with Gasteiger partial charge in [-0.25, -0.2) is 0 Å². The number of hydrogen-bond donors (Lipinski definition) is 1. The minimum absolute atomic E-state index is 0.262. The topological polar surface area (TPSA) is 21.3 Å². The average Bonchev–Trinajstić information content (AvgIpc) is 2.17. The number of anilines is 1. The van der Waals surface area contributed by atoms with Crippen LogP contribution in [0.4, 0.5) is 18.9 Å². The van der Waals surface area contributed by atoms with Crippen LogP contribution < -0.4 is 10.1 Å². The highest BCUT2D eigenvalue weighted by atomic mass is 32.1. The summed E-state index contributed by atoms with van der Waals surface area (Å²) in [5.74, 6) is 0.383. The maximum absolute atomic E-state index is 12.4. The van der Waals surface area contributed by atoms with Crippen LogP contribution in [0.15, 0.2) is 18.2 Å². The van der Waals surface area contributed by atoms with Crippen molar-refractivity contribution in [3.8, 4) is 5.75 Å². The summed E-state index contributed by atoms with van der Waals surface area (Å²) in [6.07, 6.45) is -4.68. The first-order valence-electron chi connectivity index (χ1n) is 4.56. The molecule has 86 valence electrons. The molecule has 1 aliphatic rings. The third kappa shape index (κ3) is 1.97. The Bertz CT molecular complexity index is 444. The molecule has 1 aromatic carbocycles. The fraction of sp³-hybridized carbons (Fsp3) is 0.300. The molecule has 1 unspecified atom stereocenters. The Hall–Kier alpha value is -1.30. The summed E-state index contributed by atoms with van der Waals surface area (Å²) in [5.41, 5.74) is -0.461. The van der Waals surface area contributed by atoms with Crippen molar-refractivity contribution in [3.63, 3.8) is 0 Å². The van der Waals surface area contributed by atoms with Crippen LogP contribution in [-0.2, 0) is 6.18 Å². The lowest BCUT2D eigenvalue weighted by atomic mass is 10.1. The van der Waals surface area contributed by atoms with Gasteiger partial charge in [0.05, 0.1) is 11.3 Å². The lowest BCUT2D eigenvalue weighted by Crippen LogP contribution is -2.33. The summed E-state index contributed by atoms with van der Waals surface area (Å²) in [6.45, 7) is 1.73. The number of thiocarbonyl (C=S) groups is 1. The molecular weight excluding hydrogens is 239 g/mol. The predicted octanol–water partition coefficient (Wildman–Crippen LogP) is 3.23. The van der Waals surface area contributed by atoms with Crippen molar-refractivity contribution in [2.24, 2.45) is 0 Å². The van der Waals surface area contributed by atoms with E-state index in [2.05, 4.69) is 5.32 Å². The largest absolute Gasteiger partial charge is 0.481 e. The molecule has 0 aromatic heterocycles. The molecule has 6 heteroatoms. The van der Waals surface area contributed by atoms with Gasteiger partial charge in [0.25, 0.3) is 0 Å². The highest BCUT2D eigenvalue weighted by Crippen LogP contribution is 2.36. The first-order valence-corrected chi connectivity index (χ1v) is 4.97. The molecule has 0 saturated heterocycles. The van der Waals surface area contributed by atoms with E-state index in [1.54, 1.807) is 6.92 Å². The van der Waals surface area contributed by atoms with Gasteiger partial charge >= 0.3 is 6.18 Å². The highest BCUT2D eigenvalue weighted by molar-refractivity contribution is 7.80. The monoisotopic (exact) mass is 247 g/mol. The zero-order valence-corrected chi connectivity index (χ0v) is 9.08. The molecule has 0 fully saturated rings. The standard InChI is InChI=1S/C10H8F3NOS/c1-5-9(16)14-7-4-6(10(11,12)13)2-3-8(7)15-5/h2-5H,1H3,(H,14,16). The van der Waals surface area contributed by atoms with Gasteiger partial charge in [0.1, 0.15) is 16.8 Å². The van der Waals surface area contributed by atoms with Gasteiger partial charge in [-0.3, -0.25) is 0 Å². The van der Waals surface area contributed by atoms with Crippen molar-refractivity contribution in [3.05, 3.63) is 23.8 Å². The molecular formula is C10H8F3NOS. The van der Waals surface area contributed by atoms with E-state index in [1.165, 1.54) is 6.07 Å². The first-order chi connectivity index (χ1) is 7.38. The van der Waals surface area contributed by atoms with Gasteiger partial charge in [-0.15, -0.1) is 0 Å². The number of alkyl halides is 3. The summed E-state index contributed by atoms with van der Waals surface area (Å²) < 4.78 is 42.6. The number of halogens is 3. The van der Waals surface area contributed by atoms with Crippen molar-refractivity contribution < 1.29 is 17.9 Å². The number of ether oxygens (including phenoxy) is 1. The van der Waals surface area contributed by atoms with E-state index in [0.717, 1.165) is 12.1 Å². The van der Waals surface area contributed by atoms with Crippen LogP contribution in [0.1, 0.15) is 12.5 Å². The van der Waals surface area contributed by atoms with Crippen LogP contribution >= 0.6 is 12.2 Å². The third-order valence-electron chi connectivity index (χ3n) is 2.24. The first kappa shape index (κ1) is 11.2. The summed E-state index contributed by atoms with van der Waals surface area (Å²) in [7, 11) is 0. The van der Waals surface area contributed by atoms with Gasteiger partial charge in [-0.2, -0.15) is 13.2 Å². The summed E-state index contributed by atoms with van der Waals surface area (Å²) in [6, 6.07) is 3.28. The third-order valence-corrected chi connectivity index (χ3v) is 2.67. The van der Waals surface area contributed by atoms with Crippen LogP contribution in [0.5, 0.6) is 5.75 Å². The molecule has 1 aliphatic heterocycles. The predicted molar refractivity (Wildman–Crippen MR) is 57.8 cm³/mol. The highest BCUT2D eigenvalue weighted by Gasteiger charge is 2.32. The fourth-order valence-corrected chi connectivity index (χ4v) is 1.54. The SMILES string of the molecule is CC1Oc2ccc(C(F)(F)F)cc2NC1=S. The second kappa shape index (κ2) is 3.62. The quantitative estimate of drug-likeness (QED) is 0.711. The molecule has 1 aromatic rings. The fourth-order valence-electron chi connectivity index (χ4n) is 1.39. The molecule has 2 nitrogen and oxygen atoms in total. The van der Waals surface area contributed by atoms with Crippen LogP contribution in [0.2, 0.25) is 0 Å². The Balaban J connectivity index is 2.40. The molecule has 1 N–H and O–H groups in total. The number of fused-ring (bicyclic) bond motifs is 1. The Labute approximate surface area is 95.4 Å². The number of nitrogens with one attached hydrogen (secondary N) is 1. The van der Waals surface area contributed by atoms with Crippen molar-refractivity contribution in [2.45, 2.75) is 19.2 Å². The van der Waals surface area contributed by atoms with Crippen LogP contribution in [-0.4, -0.2) is 11.1 Å². The minimum Gasteiger partial charge on any atom is -0.481 e. The van der Waals surface area contributed by atoms with E-state index in [-0.39, 0.29) is 11.8 Å². The van der Waals surface area contributed by atoms with Gasteiger partial charge in [0, 0.05) is 0 Å². The molecule has 0 bridgehead atoms. The van der Waals surface area contributed by atoms with Gasteiger partial charge in [0.15, 0.2) is 0 Å². The molecule has 0 radical (unpaired) electrons. The minimum atomic E-state index is -4.36. The average molecular weight is 247 g/mol. The van der Waals surface area contributed by atoms with Gasteiger partial charge in [-0.1, -0.05) is 12.2 Å². The second-order valence-electron chi connectivity index (χ2n) is 3.46. The van der Waals surface area contributed by atoms with E-state index in [9.17, 15) is 13.2 Å². The maximum atomic E-state index is 12.4. The molecule has 1 atom stereocenters. The maximum Gasteiger partial charge on any atom is 0.416 e. The number of rotatable bonds is 0. The van der Waals surface area contributed by atoms with E-state index >= 15 is 0 Å². The molecule has 0 amide bonds. The smallest absolute Gasteiger partial charge is 0.416 e. The molecule has 16 heavy (non-hydrogen) atoms. The van der Waals surface area contributed by atoms with Gasteiger partial charge < -0.3 is 10.1 Å². The van der Waals surface area contributed by atoms with Crippen molar-refractivity contribution >= 4 is 22.9 Å². The van der Waals surface area contributed by atoms with Crippen LogP contribution in [0, 0.1) is 0 Å². The number of benzene rings is 1. The zero-order chi connectivity index (χ0) is 11.9. The lowest BCUT2D eigenvalue weighted by Gasteiger charge is -2.26. The van der Waals surface area contributed by atoms with Crippen molar-refractivity contribution in [2.75, 3.05) is 5.32 Å². The van der Waals surface area contributed by atoms with E-state index in [1.807, 2.05) is 0 Å². The Morgan fingerprint density at radius 3 is 2.69 bits per heavy atom. The zero-order valence-electron chi connectivity index (χ0n) is 8.26. The molecule has 0 saturated carbocycles. The van der Waals surface area contributed by atoms with Crippen molar-refractivity contribution in [1.29, 1.82) is 0 Å². The Kier molecular flexibility index (Phi) is 2.53. The normalized spacial score (nSPS) is 19.8. The Morgan fingerprint density at radius 2 is 2.06 bits per heavy atom. The second-order valence-corrected chi connectivity index (χ2v) is 3.90. The molecule has 0 aliphatic carbocycles. The van der Waals surface area contributed by atoms with Crippen LogP contribution in [0.3, 0.4) is 0 Å². The summed E-state index contributed by atoms with van der Waals surface area (Å²) >= 11 is 4.92. The summed E-state index contributed by atoms with van der Waals surface area (Å²) in [5, 5.41) is 2.73. The molecule has 0 spiro atoms. The molecule has 2 rings (SSSR count). The van der Waals surface area contributed by atoms with Crippen molar-refractivity contribution in [1.82, 2.24) is 0 Å². The van der Waals surface area contributed by atoms with Gasteiger partial charge in [-0.05, 0) is 25.1 Å². The van der Waals surface area contributed by atoms with Gasteiger partial charge in [0.2, 0.25) is 0 Å². The van der Waals surface area contributed by atoms with E-state index in [4.69, 9.17) is 17.0 Å². The van der Waals surface area contributed by atoms with E-state index in [0.29, 0.717) is 10.7 Å². The van der Waals surface area contributed by atoms with Crippen LogP contribution in [0.25, 0.3) is 0 Å². The summed E-state index contributed by atoms with van der Waals surface area (Å²) in [4.78, 5) is 0.381. The Morgan fingerprint density at radius 1 is 1.38 bits per heavy atom. The molecule has 1 heterocycles. The lowest BCUT2D eigenvalue weighted by molar-refractivity contribution is -0.137. The number of hydrogen-bond acceptors (Lipinski definition) is 2. The van der Waals surface area contributed by atoms with E-state index < -0.39 is 11.7 Å².